The second kappa shape index (κ2) is 20.0. The van der Waals surface area contributed by atoms with Crippen LogP contribution in [-0.2, 0) is 23.7 Å². The van der Waals surface area contributed by atoms with Gasteiger partial charge in [0.25, 0.3) is 0 Å². The molecule has 0 aliphatic carbocycles. The van der Waals surface area contributed by atoms with Gasteiger partial charge in [0.1, 0.15) is 49.3 Å². The molecule has 2 saturated heterocycles. The first-order chi connectivity index (χ1) is 20.2. The molecule has 246 valence electrons. The van der Waals surface area contributed by atoms with Crippen molar-refractivity contribution >= 4 is 5.97 Å². The molecule has 7 N–H and O–H groups in total. The number of hydrogen-bond donors (Lipinski definition) is 7. The van der Waals surface area contributed by atoms with Crippen LogP contribution in [0.5, 0.6) is 0 Å². The molecule has 12 nitrogen and oxygen atoms in total. The quantitative estimate of drug-likeness (QED) is 0.0561. The van der Waals surface area contributed by atoms with Crippen molar-refractivity contribution in [3.63, 3.8) is 0 Å². The van der Waals surface area contributed by atoms with E-state index in [1.54, 1.807) is 0 Å². The van der Waals surface area contributed by atoms with Crippen molar-refractivity contribution in [2.45, 2.75) is 152 Å². The zero-order valence-corrected chi connectivity index (χ0v) is 25.0. The van der Waals surface area contributed by atoms with Gasteiger partial charge in [-0.1, -0.05) is 70.4 Å². The second-order valence-electron chi connectivity index (χ2n) is 11.4. The van der Waals surface area contributed by atoms with Crippen LogP contribution in [-0.4, -0.2) is 116 Å². The summed E-state index contributed by atoms with van der Waals surface area (Å²) in [5.74, 6) is -2.85. The van der Waals surface area contributed by atoms with Crippen molar-refractivity contribution in [3.05, 3.63) is 12.2 Å². The van der Waals surface area contributed by atoms with Gasteiger partial charge in [-0.2, -0.15) is 0 Å². The average molecular weight is 607 g/mol. The normalized spacial score (nSPS) is 33.4. The highest BCUT2D eigenvalue weighted by atomic mass is 16.8. The smallest absolute Gasteiger partial charge is 0.305 e. The second-order valence-corrected chi connectivity index (χ2v) is 11.4. The number of ether oxygens (including phenoxy) is 4. The first-order valence-electron chi connectivity index (χ1n) is 15.6. The number of carbonyl (C=O) groups excluding carboxylic acids is 1. The molecule has 0 spiro atoms. The van der Waals surface area contributed by atoms with Crippen LogP contribution in [0.15, 0.2) is 12.2 Å². The highest BCUT2D eigenvalue weighted by Gasteiger charge is 2.59. The van der Waals surface area contributed by atoms with Gasteiger partial charge in [0.15, 0.2) is 6.29 Å². The summed E-state index contributed by atoms with van der Waals surface area (Å²) in [5, 5.41) is 70.4. The SMILES string of the molecule is CCCCCCCCC=CCCCCCCCC(=O)OC[C@@]1(O[C@H]2O[C@H](CO)[C@@H](O)[C@H](O)[C@H]2O)O[C@H](CO)[C@@H](O)[C@@H]1O. The molecule has 0 aromatic heterocycles. The van der Waals surface area contributed by atoms with E-state index in [0.29, 0.717) is 6.42 Å². The fraction of sp³-hybridized carbons (Fsp3) is 0.900. The fourth-order valence-electron chi connectivity index (χ4n) is 5.21. The van der Waals surface area contributed by atoms with E-state index in [0.717, 1.165) is 38.5 Å². The van der Waals surface area contributed by atoms with Crippen LogP contribution in [0.2, 0.25) is 0 Å². The molecule has 0 bridgehead atoms. The van der Waals surface area contributed by atoms with Crippen LogP contribution in [0, 0.1) is 0 Å². The number of carbonyl (C=O) groups is 1. The zero-order chi connectivity index (χ0) is 31.0. The predicted molar refractivity (Wildman–Crippen MR) is 152 cm³/mol. The molecule has 2 aliphatic rings. The maximum absolute atomic E-state index is 12.4. The van der Waals surface area contributed by atoms with Crippen LogP contribution in [0.25, 0.3) is 0 Å². The van der Waals surface area contributed by atoms with Crippen molar-refractivity contribution in [3.8, 4) is 0 Å². The molecule has 0 amide bonds. The van der Waals surface area contributed by atoms with Crippen LogP contribution >= 0.6 is 0 Å². The Morgan fingerprint density at radius 1 is 0.738 bits per heavy atom. The van der Waals surface area contributed by atoms with E-state index in [2.05, 4.69) is 19.1 Å². The molecule has 0 radical (unpaired) electrons. The Kier molecular flexibility index (Phi) is 17.6. The summed E-state index contributed by atoms with van der Waals surface area (Å²) in [7, 11) is 0. The molecule has 2 fully saturated rings. The standard InChI is InChI=1S/C30H54O12/c1-2-3-4-5-6-7-8-9-10-11-12-13-14-15-16-17-23(33)39-20-30(28(38)25(35)22(19-32)41-30)42-29-27(37)26(36)24(34)21(18-31)40-29/h9-10,21-22,24-29,31-32,34-38H,2-8,11-20H2,1H3/t21-,22-,24-,25-,26+,27-,28+,29-,30+/m1/s1. The third-order valence-corrected chi connectivity index (χ3v) is 7.93. The van der Waals surface area contributed by atoms with Gasteiger partial charge in [-0.15, -0.1) is 0 Å². The summed E-state index contributed by atoms with van der Waals surface area (Å²) in [5.41, 5.74) is 0. The highest BCUT2D eigenvalue weighted by Crippen LogP contribution is 2.36. The van der Waals surface area contributed by atoms with E-state index in [1.807, 2.05) is 0 Å². The molecule has 0 aromatic carbocycles. The summed E-state index contributed by atoms with van der Waals surface area (Å²) in [4.78, 5) is 12.4. The third-order valence-electron chi connectivity index (χ3n) is 7.93. The van der Waals surface area contributed by atoms with Gasteiger partial charge in [-0.05, 0) is 32.1 Å². The molecule has 2 rings (SSSR count). The number of unbranched alkanes of at least 4 members (excludes halogenated alkanes) is 11. The Balaban J connectivity index is 1.72. The number of aliphatic hydroxyl groups excluding tert-OH is 7. The molecule has 0 saturated carbocycles. The molecule has 2 heterocycles. The van der Waals surface area contributed by atoms with Gasteiger partial charge in [-0.25, -0.2) is 0 Å². The maximum Gasteiger partial charge on any atom is 0.305 e. The van der Waals surface area contributed by atoms with E-state index in [-0.39, 0.29) is 6.42 Å². The third kappa shape index (κ3) is 11.4. The lowest BCUT2D eigenvalue weighted by Gasteiger charge is -2.43. The van der Waals surface area contributed by atoms with Gasteiger partial charge in [-0.3, -0.25) is 4.79 Å². The first-order valence-corrected chi connectivity index (χ1v) is 15.6. The Bertz CT molecular complexity index is 765. The lowest BCUT2D eigenvalue weighted by atomic mass is 9.99. The minimum Gasteiger partial charge on any atom is -0.460 e. The largest absolute Gasteiger partial charge is 0.460 e. The van der Waals surface area contributed by atoms with Gasteiger partial charge < -0.3 is 54.7 Å². The van der Waals surface area contributed by atoms with Crippen LogP contribution in [0.1, 0.15) is 96.8 Å². The predicted octanol–water partition coefficient (Wildman–Crippen LogP) is 1.19. The van der Waals surface area contributed by atoms with Crippen LogP contribution in [0.4, 0.5) is 0 Å². The van der Waals surface area contributed by atoms with Crippen LogP contribution in [0.3, 0.4) is 0 Å². The monoisotopic (exact) mass is 606 g/mol. The Morgan fingerprint density at radius 3 is 1.88 bits per heavy atom. The lowest BCUT2D eigenvalue weighted by molar-refractivity contribution is -0.383. The number of allylic oxidation sites excluding steroid dienone is 2. The zero-order valence-electron chi connectivity index (χ0n) is 25.0. The van der Waals surface area contributed by atoms with Crippen molar-refractivity contribution in [2.75, 3.05) is 19.8 Å². The van der Waals surface area contributed by atoms with Crippen molar-refractivity contribution in [1.82, 2.24) is 0 Å². The molecule has 42 heavy (non-hydrogen) atoms. The minimum absolute atomic E-state index is 0.108. The Labute approximate surface area is 249 Å². The van der Waals surface area contributed by atoms with E-state index >= 15 is 0 Å². The summed E-state index contributed by atoms with van der Waals surface area (Å²) >= 11 is 0. The summed E-state index contributed by atoms with van der Waals surface area (Å²) in [6.45, 7) is 0.111. The first kappa shape index (κ1) is 37.0. The highest BCUT2D eigenvalue weighted by molar-refractivity contribution is 5.69. The summed E-state index contributed by atoms with van der Waals surface area (Å²) < 4.78 is 21.8. The molecule has 9 atom stereocenters. The van der Waals surface area contributed by atoms with E-state index in [4.69, 9.17) is 18.9 Å². The molecular weight excluding hydrogens is 552 g/mol. The molecule has 12 heteroatoms. The average Bonchev–Trinajstić information content (AvgIpc) is 3.23. The maximum atomic E-state index is 12.4. The lowest BCUT2D eigenvalue weighted by Crippen LogP contribution is -2.62. The van der Waals surface area contributed by atoms with Gasteiger partial charge >= 0.3 is 5.97 Å². The van der Waals surface area contributed by atoms with Gasteiger partial charge in [0, 0.05) is 6.42 Å². The van der Waals surface area contributed by atoms with Gasteiger partial charge in [0.05, 0.1) is 13.2 Å². The Hall–Kier alpha value is -1.19. The van der Waals surface area contributed by atoms with E-state index in [1.165, 1.54) is 38.5 Å². The summed E-state index contributed by atoms with van der Waals surface area (Å²) in [6, 6.07) is 0. The molecule has 0 unspecified atom stereocenters. The van der Waals surface area contributed by atoms with E-state index < -0.39 is 80.6 Å². The number of esters is 1. The van der Waals surface area contributed by atoms with Crippen molar-refractivity contribution in [2.24, 2.45) is 0 Å². The van der Waals surface area contributed by atoms with Crippen LogP contribution < -0.4 is 0 Å². The number of hydrogen-bond acceptors (Lipinski definition) is 12. The number of rotatable bonds is 21. The summed E-state index contributed by atoms with van der Waals surface area (Å²) in [6.07, 6.45) is 6.23. The van der Waals surface area contributed by atoms with E-state index in [9.17, 15) is 40.5 Å². The topological polar surface area (TPSA) is 196 Å². The van der Waals surface area contributed by atoms with Gasteiger partial charge in [0.2, 0.25) is 5.79 Å². The Morgan fingerprint density at radius 2 is 1.31 bits per heavy atom. The molecule has 0 aromatic rings. The molecular formula is C30H54O12. The fourth-order valence-corrected chi connectivity index (χ4v) is 5.21. The van der Waals surface area contributed by atoms with Crippen molar-refractivity contribution in [1.29, 1.82) is 0 Å². The van der Waals surface area contributed by atoms with Crippen molar-refractivity contribution < 1.29 is 59.5 Å². The minimum atomic E-state index is -2.25. The molecule has 2 aliphatic heterocycles. The number of aliphatic hydroxyl groups is 7.